The molecule has 1 aromatic rings. The topological polar surface area (TPSA) is 108 Å². The molecule has 7 heteroatoms. The number of phenolic OH excluding ortho intramolecular Hbond substituents is 1. The summed E-state index contributed by atoms with van der Waals surface area (Å²) in [6.07, 6.45) is -0.461. The highest BCUT2D eigenvalue weighted by atomic mass is 16.5. The van der Waals surface area contributed by atoms with Crippen LogP contribution in [0.4, 0.5) is 5.69 Å². The Kier molecular flexibility index (Phi) is 11.2. The number of carbonyl (C=O) groups excluding carboxylic acids is 1. The summed E-state index contributed by atoms with van der Waals surface area (Å²) in [4.78, 5) is 10.9. The summed E-state index contributed by atoms with van der Waals surface area (Å²) in [6, 6.07) is 4.80. The van der Waals surface area contributed by atoms with Crippen molar-refractivity contribution < 1.29 is 29.6 Å². The van der Waals surface area contributed by atoms with Crippen molar-refractivity contribution >= 4 is 11.7 Å². The monoisotopic (exact) mass is 413 g/mol. The summed E-state index contributed by atoms with van der Waals surface area (Å²) in [5.41, 5.74) is 0.442. The number of aromatic hydroxyl groups is 1. The number of nitrogens with one attached hydrogen (secondary N) is 1. The highest BCUT2D eigenvalue weighted by Gasteiger charge is 2.33. The van der Waals surface area contributed by atoms with Gasteiger partial charge in [-0.05, 0) is 31.4 Å². The summed E-state index contributed by atoms with van der Waals surface area (Å²) >= 11 is 0. The molecule has 2 rings (SSSR count). The lowest BCUT2D eigenvalue weighted by molar-refractivity contribution is -0.131. The Morgan fingerprint density at radius 2 is 1.62 bits per heavy atom. The van der Waals surface area contributed by atoms with Crippen LogP contribution in [0.3, 0.4) is 0 Å². The quantitative estimate of drug-likeness (QED) is 0.340. The third-order valence-electron chi connectivity index (χ3n) is 4.72. The lowest BCUT2D eigenvalue weighted by atomic mass is 9.76. The maximum Gasteiger partial charge on any atom is 0.308 e. The zero-order valence-electron chi connectivity index (χ0n) is 19.1. The number of anilines is 1. The first-order valence-electron chi connectivity index (χ1n) is 10.1. The Morgan fingerprint density at radius 1 is 1.10 bits per heavy atom. The number of esters is 1. The number of aliphatic hydroxyl groups excluding tert-OH is 2. The predicted octanol–water partition coefficient (Wildman–Crippen LogP) is 3.71. The van der Waals surface area contributed by atoms with E-state index in [1.54, 1.807) is 12.1 Å². The number of hydrogen-bond acceptors (Lipinski definition) is 7. The van der Waals surface area contributed by atoms with E-state index < -0.39 is 18.2 Å². The fraction of sp³-hybridized carbons (Fsp3) is 0.682. The zero-order chi connectivity index (χ0) is 22.8. The van der Waals surface area contributed by atoms with Crippen molar-refractivity contribution in [1.29, 1.82) is 0 Å². The predicted molar refractivity (Wildman–Crippen MR) is 115 cm³/mol. The van der Waals surface area contributed by atoms with Crippen molar-refractivity contribution in [1.82, 2.24) is 0 Å². The summed E-state index contributed by atoms with van der Waals surface area (Å²) in [7, 11) is 0. The van der Waals surface area contributed by atoms with Crippen LogP contribution in [-0.2, 0) is 9.53 Å². The maximum absolute atomic E-state index is 10.9. The van der Waals surface area contributed by atoms with Gasteiger partial charge >= 0.3 is 5.97 Å². The first kappa shape index (κ1) is 27.2. The van der Waals surface area contributed by atoms with Gasteiger partial charge in [0.05, 0.1) is 31.1 Å². The van der Waals surface area contributed by atoms with Crippen LogP contribution in [0, 0.1) is 5.41 Å². The molecule has 4 N–H and O–H groups in total. The first-order valence-corrected chi connectivity index (χ1v) is 10.1. The molecule has 0 spiro atoms. The molecule has 1 aliphatic rings. The Bertz CT molecular complexity index is 616. The van der Waals surface area contributed by atoms with Gasteiger partial charge < -0.3 is 30.1 Å². The highest BCUT2D eigenvalue weighted by molar-refractivity contribution is 5.70. The number of benzene rings is 1. The molecule has 1 aliphatic heterocycles. The van der Waals surface area contributed by atoms with Crippen LogP contribution < -0.4 is 10.1 Å². The molecule has 168 valence electrons. The van der Waals surface area contributed by atoms with Crippen LogP contribution in [0.25, 0.3) is 0 Å². The molecule has 1 saturated heterocycles. The molecule has 0 saturated carbocycles. The lowest BCUT2D eigenvalue weighted by Crippen LogP contribution is -2.44. The van der Waals surface area contributed by atoms with E-state index >= 15 is 0 Å². The number of phenols is 1. The normalized spacial score (nSPS) is 19.1. The van der Waals surface area contributed by atoms with E-state index in [0.717, 1.165) is 0 Å². The van der Waals surface area contributed by atoms with E-state index in [9.17, 15) is 9.90 Å². The van der Waals surface area contributed by atoms with Crippen molar-refractivity contribution in [2.75, 3.05) is 18.5 Å². The van der Waals surface area contributed by atoms with Crippen LogP contribution in [0.1, 0.15) is 61.8 Å². The molecule has 1 heterocycles. The molecule has 0 radical (unpaired) electrons. The number of ether oxygens (including phenoxy) is 2. The third-order valence-corrected chi connectivity index (χ3v) is 4.72. The number of carbonyl (C=O) groups is 1. The summed E-state index contributed by atoms with van der Waals surface area (Å²) in [5, 5.41) is 30.9. The second kappa shape index (κ2) is 12.0. The fourth-order valence-corrected chi connectivity index (χ4v) is 2.16. The van der Waals surface area contributed by atoms with Gasteiger partial charge in [-0.2, -0.15) is 0 Å². The minimum absolute atomic E-state index is 0.0218. The molecular formula is C22H39NO6. The maximum atomic E-state index is 10.9. The molecule has 0 aliphatic carbocycles. The standard InChI is InChI=1S/C15H23NO3.C5H10O3.C2H6/c1-10(17)19-11-7-8-12(13(18)9-11)16-15(5,6)14(2,3)4;6-4-1-5(7)3-8-2-4;1-2/h7-9,16,18H,1-6H3;4-7H,1-3H2;1-2H3. The molecule has 7 nitrogen and oxygen atoms in total. The minimum atomic E-state index is -0.459. The van der Waals surface area contributed by atoms with Gasteiger partial charge in [0.25, 0.3) is 0 Å². The van der Waals surface area contributed by atoms with E-state index in [1.165, 1.54) is 13.0 Å². The van der Waals surface area contributed by atoms with E-state index in [4.69, 9.17) is 19.7 Å². The average Bonchev–Trinajstić information content (AvgIpc) is 2.58. The lowest BCUT2D eigenvalue weighted by Gasteiger charge is -2.40. The largest absolute Gasteiger partial charge is 0.506 e. The molecule has 0 amide bonds. The van der Waals surface area contributed by atoms with Gasteiger partial charge in [0.1, 0.15) is 11.5 Å². The van der Waals surface area contributed by atoms with Crippen molar-refractivity contribution in [3.05, 3.63) is 18.2 Å². The molecule has 2 atom stereocenters. The van der Waals surface area contributed by atoms with Crippen LogP contribution in [0.5, 0.6) is 11.5 Å². The van der Waals surface area contributed by atoms with E-state index in [1.807, 2.05) is 13.8 Å². The number of hydrogen-bond donors (Lipinski definition) is 4. The van der Waals surface area contributed by atoms with Gasteiger partial charge in [0.2, 0.25) is 0 Å². The first-order chi connectivity index (χ1) is 13.3. The van der Waals surface area contributed by atoms with Crippen LogP contribution in [0.2, 0.25) is 0 Å². The Hall–Kier alpha value is -1.83. The van der Waals surface area contributed by atoms with Crippen molar-refractivity contribution in [2.45, 2.75) is 79.6 Å². The molecule has 1 aromatic carbocycles. The molecule has 1 fully saturated rings. The molecular weight excluding hydrogens is 374 g/mol. The van der Waals surface area contributed by atoms with Crippen LogP contribution >= 0.6 is 0 Å². The summed E-state index contributed by atoms with van der Waals surface area (Å²) in [6.45, 7) is 16.6. The molecule has 2 unspecified atom stereocenters. The van der Waals surface area contributed by atoms with Gasteiger partial charge in [-0.25, -0.2) is 0 Å². The van der Waals surface area contributed by atoms with Gasteiger partial charge in [-0.3, -0.25) is 4.79 Å². The zero-order valence-corrected chi connectivity index (χ0v) is 19.1. The van der Waals surface area contributed by atoms with E-state index in [2.05, 4.69) is 39.9 Å². The minimum Gasteiger partial charge on any atom is -0.506 e. The third kappa shape index (κ3) is 9.96. The van der Waals surface area contributed by atoms with Crippen LogP contribution in [-0.4, -0.2) is 52.2 Å². The SMILES string of the molecule is CC.CC(=O)Oc1ccc(NC(C)(C)C(C)(C)C)c(O)c1.OC1COCC(O)C1. The van der Waals surface area contributed by atoms with Gasteiger partial charge in [0.15, 0.2) is 0 Å². The average molecular weight is 414 g/mol. The van der Waals surface area contributed by atoms with Crippen molar-refractivity contribution in [3.8, 4) is 11.5 Å². The van der Waals surface area contributed by atoms with Crippen LogP contribution in [0.15, 0.2) is 18.2 Å². The summed E-state index contributed by atoms with van der Waals surface area (Å²) in [5.74, 6) is -0.00433. The Balaban J connectivity index is 0.000000649. The Morgan fingerprint density at radius 3 is 1.97 bits per heavy atom. The van der Waals surface area contributed by atoms with Gasteiger partial charge in [0, 0.05) is 24.9 Å². The molecule has 0 bridgehead atoms. The molecule has 0 aromatic heterocycles. The Labute approximate surface area is 175 Å². The van der Waals surface area contributed by atoms with E-state index in [0.29, 0.717) is 31.1 Å². The number of rotatable bonds is 3. The van der Waals surface area contributed by atoms with E-state index in [-0.39, 0.29) is 16.7 Å². The van der Waals surface area contributed by atoms with Crippen molar-refractivity contribution in [2.24, 2.45) is 5.41 Å². The fourth-order valence-electron chi connectivity index (χ4n) is 2.16. The molecule has 29 heavy (non-hydrogen) atoms. The summed E-state index contributed by atoms with van der Waals surface area (Å²) < 4.78 is 9.71. The number of aliphatic hydroxyl groups is 2. The van der Waals surface area contributed by atoms with Gasteiger partial charge in [-0.15, -0.1) is 0 Å². The smallest absolute Gasteiger partial charge is 0.308 e. The van der Waals surface area contributed by atoms with Gasteiger partial charge in [-0.1, -0.05) is 34.6 Å². The highest BCUT2D eigenvalue weighted by Crippen LogP contribution is 2.36. The second-order valence-corrected chi connectivity index (χ2v) is 8.35. The second-order valence-electron chi connectivity index (χ2n) is 8.35. The van der Waals surface area contributed by atoms with Crippen molar-refractivity contribution in [3.63, 3.8) is 0 Å².